The highest BCUT2D eigenvalue weighted by Crippen LogP contribution is 2.42. The minimum atomic E-state index is -0.799. The molecule has 2 aliphatic rings. The van der Waals surface area contributed by atoms with E-state index < -0.39 is 12.2 Å². The summed E-state index contributed by atoms with van der Waals surface area (Å²) >= 11 is 0. The Bertz CT molecular complexity index is 298. The first-order valence-corrected chi connectivity index (χ1v) is 7.17. The lowest BCUT2D eigenvalue weighted by Crippen LogP contribution is -2.47. The van der Waals surface area contributed by atoms with Crippen molar-refractivity contribution in [2.24, 2.45) is 23.7 Å². The number of hydrogen-bond donors (Lipinski definition) is 3. The molecule has 0 radical (unpaired) electrons. The topological polar surface area (TPSA) is 82.5 Å². The van der Waals surface area contributed by atoms with E-state index in [1.165, 1.54) is 0 Å². The van der Waals surface area contributed by atoms with Gasteiger partial charge in [-0.25, -0.2) is 0 Å². The smallest absolute Gasteiger partial charge is 0.104 e. The third-order valence-electron chi connectivity index (χ3n) is 4.89. The first-order valence-electron chi connectivity index (χ1n) is 7.17. The fourth-order valence-electron chi connectivity index (χ4n) is 2.99. The fourth-order valence-corrected chi connectivity index (χ4v) is 2.99. The highest BCUT2D eigenvalue weighted by atomic mass is 16.6. The third-order valence-corrected chi connectivity index (χ3v) is 4.89. The van der Waals surface area contributed by atoms with Gasteiger partial charge in [0.25, 0.3) is 0 Å². The van der Waals surface area contributed by atoms with Gasteiger partial charge in [-0.05, 0) is 17.8 Å². The van der Waals surface area contributed by atoms with Gasteiger partial charge in [0.05, 0.1) is 31.5 Å². The molecule has 2 heterocycles. The Morgan fingerprint density at radius 1 is 1.11 bits per heavy atom. The molecule has 0 amide bonds. The molecular formula is C14H26O5. The van der Waals surface area contributed by atoms with Crippen LogP contribution in [0.25, 0.3) is 0 Å². The van der Waals surface area contributed by atoms with Gasteiger partial charge in [-0.3, -0.25) is 0 Å². The molecular weight excluding hydrogens is 248 g/mol. The molecule has 0 aromatic heterocycles. The van der Waals surface area contributed by atoms with E-state index in [2.05, 4.69) is 6.92 Å². The molecule has 8 atom stereocenters. The van der Waals surface area contributed by atoms with Gasteiger partial charge in [-0.2, -0.15) is 0 Å². The van der Waals surface area contributed by atoms with E-state index >= 15 is 0 Å². The fraction of sp³-hybridized carbons (Fsp3) is 1.00. The van der Waals surface area contributed by atoms with E-state index in [1.807, 2.05) is 13.8 Å². The van der Waals surface area contributed by atoms with Crippen LogP contribution in [-0.2, 0) is 9.47 Å². The second-order valence-corrected chi connectivity index (χ2v) is 6.20. The van der Waals surface area contributed by atoms with E-state index in [0.29, 0.717) is 12.5 Å². The predicted molar refractivity (Wildman–Crippen MR) is 69.6 cm³/mol. The average molecular weight is 274 g/mol. The van der Waals surface area contributed by atoms with Gasteiger partial charge >= 0.3 is 0 Å². The van der Waals surface area contributed by atoms with Gasteiger partial charge in [0.2, 0.25) is 0 Å². The maximum atomic E-state index is 10.0. The molecule has 2 aliphatic heterocycles. The largest absolute Gasteiger partial charge is 0.396 e. The highest BCUT2D eigenvalue weighted by molar-refractivity contribution is 4.98. The molecule has 6 unspecified atom stereocenters. The summed E-state index contributed by atoms with van der Waals surface area (Å²) in [6.45, 7) is 6.97. The maximum Gasteiger partial charge on any atom is 0.104 e. The molecule has 2 rings (SSSR count). The van der Waals surface area contributed by atoms with E-state index in [4.69, 9.17) is 9.47 Å². The van der Waals surface area contributed by atoms with Crippen LogP contribution >= 0.6 is 0 Å². The van der Waals surface area contributed by atoms with Crippen molar-refractivity contribution in [3.63, 3.8) is 0 Å². The third kappa shape index (κ3) is 3.11. The monoisotopic (exact) mass is 274 g/mol. The number of aliphatic hydroxyl groups excluding tert-OH is 3. The van der Waals surface area contributed by atoms with Crippen molar-refractivity contribution in [3.8, 4) is 0 Å². The molecule has 0 saturated carbocycles. The predicted octanol–water partition coefficient (Wildman–Crippen LogP) is 0.0226. The molecule has 3 N–H and O–H groups in total. The Morgan fingerprint density at radius 3 is 2.42 bits per heavy atom. The zero-order chi connectivity index (χ0) is 14.2. The number of epoxide rings is 1. The zero-order valence-corrected chi connectivity index (χ0v) is 11.9. The van der Waals surface area contributed by atoms with Crippen molar-refractivity contribution >= 4 is 0 Å². The SMILES string of the molecule is CC(CO)[C@H](C)C1OC1[C@@H](C)C1COCC(O)C1O. The molecule has 112 valence electrons. The Balaban J connectivity index is 1.90. The Labute approximate surface area is 114 Å². The van der Waals surface area contributed by atoms with Crippen LogP contribution in [0.4, 0.5) is 0 Å². The van der Waals surface area contributed by atoms with E-state index in [0.717, 1.165) is 0 Å². The van der Waals surface area contributed by atoms with Gasteiger partial charge in [-0.15, -0.1) is 0 Å². The summed E-state index contributed by atoms with van der Waals surface area (Å²) in [5.74, 6) is 0.558. The van der Waals surface area contributed by atoms with E-state index in [1.54, 1.807) is 0 Å². The van der Waals surface area contributed by atoms with Crippen LogP contribution in [0.2, 0.25) is 0 Å². The van der Waals surface area contributed by atoms with Gasteiger partial charge < -0.3 is 24.8 Å². The van der Waals surface area contributed by atoms with Crippen molar-refractivity contribution in [2.45, 2.75) is 45.2 Å². The van der Waals surface area contributed by atoms with Crippen molar-refractivity contribution in [1.29, 1.82) is 0 Å². The molecule has 5 heteroatoms. The minimum Gasteiger partial charge on any atom is -0.396 e. The van der Waals surface area contributed by atoms with Crippen molar-refractivity contribution in [1.82, 2.24) is 0 Å². The van der Waals surface area contributed by atoms with Gasteiger partial charge in [0.15, 0.2) is 0 Å². The highest BCUT2D eigenvalue weighted by Gasteiger charge is 2.51. The lowest BCUT2D eigenvalue weighted by Gasteiger charge is -2.35. The molecule has 5 nitrogen and oxygen atoms in total. The molecule has 0 aliphatic carbocycles. The molecule has 19 heavy (non-hydrogen) atoms. The van der Waals surface area contributed by atoms with Crippen LogP contribution in [0.3, 0.4) is 0 Å². The van der Waals surface area contributed by atoms with Crippen LogP contribution in [0.5, 0.6) is 0 Å². The van der Waals surface area contributed by atoms with Crippen molar-refractivity contribution in [2.75, 3.05) is 19.8 Å². The Kier molecular flexibility index (Phi) is 4.84. The van der Waals surface area contributed by atoms with Crippen molar-refractivity contribution < 1.29 is 24.8 Å². The summed E-state index contributed by atoms with van der Waals surface area (Å²) in [7, 11) is 0. The van der Waals surface area contributed by atoms with Gasteiger partial charge in [0.1, 0.15) is 6.10 Å². The number of rotatable bonds is 5. The Hall–Kier alpha value is -0.200. The summed E-state index contributed by atoms with van der Waals surface area (Å²) in [6.07, 6.45) is -1.30. The van der Waals surface area contributed by atoms with Crippen LogP contribution in [0, 0.1) is 23.7 Å². The quantitative estimate of drug-likeness (QED) is 0.616. The molecule has 0 spiro atoms. The summed E-state index contributed by atoms with van der Waals surface area (Å²) < 4.78 is 11.1. The standard InChI is InChI=1S/C14H26O5/c1-7(4-15)8(2)13-14(19-13)9(3)10-5-18-6-11(16)12(10)17/h7-17H,4-6H2,1-3H3/t7?,8-,9-,10?,11?,12?,13?,14?/m0/s1. The van der Waals surface area contributed by atoms with Gasteiger partial charge in [0, 0.05) is 12.5 Å². The lowest BCUT2D eigenvalue weighted by molar-refractivity contribution is -0.134. The second-order valence-electron chi connectivity index (χ2n) is 6.20. The molecule has 0 bridgehead atoms. The summed E-state index contributed by atoms with van der Waals surface area (Å²) in [5.41, 5.74) is 0. The number of hydrogen-bond acceptors (Lipinski definition) is 5. The summed E-state index contributed by atoms with van der Waals surface area (Å²) in [6, 6.07) is 0. The van der Waals surface area contributed by atoms with E-state index in [-0.39, 0.29) is 43.2 Å². The number of aliphatic hydroxyl groups is 3. The first-order chi connectivity index (χ1) is 8.97. The molecule has 0 aromatic rings. The van der Waals surface area contributed by atoms with Crippen LogP contribution < -0.4 is 0 Å². The summed E-state index contributed by atoms with van der Waals surface area (Å²) in [5, 5.41) is 28.9. The normalized spacial score (nSPS) is 43.6. The summed E-state index contributed by atoms with van der Waals surface area (Å²) in [4.78, 5) is 0. The van der Waals surface area contributed by atoms with Gasteiger partial charge in [-0.1, -0.05) is 20.8 Å². The molecule has 2 fully saturated rings. The van der Waals surface area contributed by atoms with Crippen LogP contribution in [0.1, 0.15) is 20.8 Å². The Morgan fingerprint density at radius 2 is 1.79 bits per heavy atom. The number of ether oxygens (including phenoxy) is 2. The maximum absolute atomic E-state index is 10.0. The average Bonchev–Trinajstić information content (AvgIpc) is 3.19. The molecule has 2 saturated heterocycles. The molecule has 0 aromatic carbocycles. The first kappa shape index (κ1) is 15.2. The van der Waals surface area contributed by atoms with E-state index in [9.17, 15) is 15.3 Å². The van der Waals surface area contributed by atoms with Crippen LogP contribution in [0.15, 0.2) is 0 Å². The minimum absolute atomic E-state index is 0.0876. The van der Waals surface area contributed by atoms with Crippen molar-refractivity contribution in [3.05, 3.63) is 0 Å². The zero-order valence-electron chi connectivity index (χ0n) is 11.9. The van der Waals surface area contributed by atoms with Crippen LogP contribution in [-0.4, -0.2) is 59.6 Å². The second kappa shape index (κ2) is 6.06. The lowest BCUT2D eigenvalue weighted by atomic mass is 9.80.